The number of hydrogen-bond acceptors (Lipinski definition) is 6. The number of rotatable bonds is 11. The topological polar surface area (TPSA) is 192 Å². The van der Waals surface area contributed by atoms with E-state index in [0.29, 0.717) is 18.7 Å². The van der Waals surface area contributed by atoms with Crippen LogP contribution in [0.5, 0.6) is 0 Å². The summed E-state index contributed by atoms with van der Waals surface area (Å²) in [4.78, 5) is 47.3. The van der Waals surface area contributed by atoms with E-state index in [1.54, 1.807) is 32.0 Å². The Hall–Kier alpha value is -3.34. The number of carbonyl (C=O) groups excluding carboxylic acids is 4. The fraction of sp³-hybridized carbons (Fsp3) is 0.474. The number of urea groups is 1. The summed E-state index contributed by atoms with van der Waals surface area (Å²) >= 11 is 0. The van der Waals surface area contributed by atoms with E-state index in [0.717, 1.165) is 5.56 Å². The number of hydrogen-bond donors (Lipinski definition) is 6. The van der Waals surface area contributed by atoms with Crippen LogP contribution < -0.4 is 33.2 Å². The lowest BCUT2D eigenvalue weighted by molar-refractivity contribution is -0.134. The predicted octanol–water partition coefficient (Wildman–Crippen LogP) is 0.137. The van der Waals surface area contributed by atoms with Crippen LogP contribution >= 0.6 is 0 Å². The fourth-order valence-corrected chi connectivity index (χ4v) is 2.66. The van der Waals surface area contributed by atoms with Crippen LogP contribution in [0.1, 0.15) is 32.3 Å². The van der Waals surface area contributed by atoms with Gasteiger partial charge < -0.3 is 37.9 Å². The van der Waals surface area contributed by atoms with E-state index in [2.05, 4.69) is 16.0 Å². The minimum Gasteiger partial charge on any atom is -0.436 e. The number of amides is 5. The summed E-state index contributed by atoms with van der Waals surface area (Å²) in [7, 11) is 0. The molecule has 0 saturated heterocycles. The Bertz CT molecular complexity index is 755. The van der Waals surface area contributed by atoms with Crippen LogP contribution in [-0.2, 0) is 20.9 Å². The van der Waals surface area contributed by atoms with Gasteiger partial charge in [-0.1, -0.05) is 26.0 Å². The van der Waals surface area contributed by atoms with E-state index in [4.69, 9.17) is 21.9 Å². The van der Waals surface area contributed by atoms with Crippen molar-refractivity contribution in [3.63, 3.8) is 0 Å². The molecule has 1 aromatic rings. The molecule has 0 heterocycles. The van der Waals surface area contributed by atoms with Crippen LogP contribution in [-0.4, -0.2) is 42.6 Å². The van der Waals surface area contributed by atoms with Crippen LogP contribution in [0.25, 0.3) is 0 Å². The van der Waals surface area contributed by atoms with Gasteiger partial charge in [0.25, 0.3) is 5.91 Å². The molecule has 0 spiro atoms. The molecule has 166 valence electrons. The minimum absolute atomic E-state index is 0.204. The van der Waals surface area contributed by atoms with Gasteiger partial charge in [-0.25, -0.2) is 9.59 Å². The molecule has 0 aromatic heterocycles. The molecule has 0 unspecified atom stereocenters. The van der Waals surface area contributed by atoms with Crippen molar-refractivity contribution in [3.05, 3.63) is 29.8 Å². The van der Waals surface area contributed by atoms with E-state index in [-0.39, 0.29) is 18.9 Å². The van der Waals surface area contributed by atoms with Gasteiger partial charge in [0.2, 0.25) is 5.91 Å². The molecule has 1 rings (SSSR count). The van der Waals surface area contributed by atoms with Crippen LogP contribution in [0.3, 0.4) is 0 Å². The maximum atomic E-state index is 12.8. The number of benzene rings is 1. The van der Waals surface area contributed by atoms with Crippen molar-refractivity contribution in [2.75, 3.05) is 11.9 Å². The van der Waals surface area contributed by atoms with Crippen molar-refractivity contribution in [3.8, 4) is 0 Å². The Balaban J connectivity index is 2.90. The molecule has 1 aromatic carbocycles. The fourth-order valence-electron chi connectivity index (χ4n) is 2.66. The third kappa shape index (κ3) is 8.78. The molecule has 2 atom stereocenters. The number of carbonyl (C=O) groups is 4. The lowest BCUT2D eigenvalue weighted by Crippen LogP contribution is -2.50. The summed E-state index contributed by atoms with van der Waals surface area (Å²) in [6, 6.07) is 5.34. The molecular weight excluding hydrogens is 392 g/mol. The van der Waals surface area contributed by atoms with E-state index in [1.165, 1.54) is 0 Å². The Morgan fingerprint density at radius 3 is 2.37 bits per heavy atom. The summed E-state index contributed by atoms with van der Waals surface area (Å²) < 4.78 is 4.87. The Labute approximate surface area is 175 Å². The number of nitrogens with two attached hydrogens (primary N) is 3. The Morgan fingerprint density at radius 2 is 1.80 bits per heavy atom. The van der Waals surface area contributed by atoms with Gasteiger partial charge in [-0.05, 0) is 36.5 Å². The maximum absolute atomic E-state index is 12.8. The second kappa shape index (κ2) is 12.3. The predicted molar refractivity (Wildman–Crippen MR) is 111 cm³/mol. The van der Waals surface area contributed by atoms with E-state index in [9.17, 15) is 19.2 Å². The van der Waals surface area contributed by atoms with E-state index >= 15 is 0 Å². The molecule has 30 heavy (non-hydrogen) atoms. The molecule has 0 radical (unpaired) electrons. The largest absolute Gasteiger partial charge is 0.436 e. The quantitative estimate of drug-likeness (QED) is 0.275. The molecule has 0 aliphatic rings. The first-order valence-corrected chi connectivity index (χ1v) is 9.53. The zero-order valence-electron chi connectivity index (χ0n) is 17.1. The smallest absolute Gasteiger partial charge is 0.405 e. The van der Waals surface area contributed by atoms with Gasteiger partial charge in [-0.3, -0.25) is 9.59 Å². The van der Waals surface area contributed by atoms with E-state index in [1.807, 2.05) is 6.07 Å². The van der Waals surface area contributed by atoms with Gasteiger partial charge in [-0.2, -0.15) is 0 Å². The second-order valence-electron chi connectivity index (χ2n) is 6.99. The van der Waals surface area contributed by atoms with Crippen LogP contribution in [0.4, 0.5) is 15.3 Å². The number of nitrogens with one attached hydrogen (secondary N) is 3. The van der Waals surface area contributed by atoms with E-state index < -0.39 is 36.1 Å². The van der Waals surface area contributed by atoms with Crippen LogP contribution in [0, 0.1) is 5.92 Å². The molecule has 0 bridgehead atoms. The molecule has 11 nitrogen and oxygen atoms in total. The lowest BCUT2D eigenvalue weighted by atomic mass is 10.0. The third-order valence-electron chi connectivity index (χ3n) is 4.14. The molecule has 0 aliphatic carbocycles. The normalized spacial score (nSPS) is 12.5. The van der Waals surface area contributed by atoms with Gasteiger partial charge in [0.05, 0.1) is 0 Å². The molecule has 0 fully saturated rings. The third-order valence-corrected chi connectivity index (χ3v) is 4.14. The van der Waals surface area contributed by atoms with Crippen molar-refractivity contribution >= 4 is 29.6 Å². The molecular formula is C19H30N6O5. The monoisotopic (exact) mass is 422 g/mol. The average Bonchev–Trinajstić information content (AvgIpc) is 2.67. The van der Waals surface area contributed by atoms with Crippen molar-refractivity contribution in [2.45, 2.75) is 45.4 Å². The highest BCUT2D eigenvalue weighted by molar-refractivity contribution is 5.98. The first-order valence-electron chi connectivity index (χ1n) is 9.53. The minimum atomic E-state index is -1.15. The van der Waals surface area contributed by atoms with Gasteiger partial charge in [0, 0.05) is 18.8 Å². The summed E-state index contributed by atoms with van der Waals surface area (Å²) in [6.45, 7) is 3.89. The molecule has 9 N–H and O–H groups in total. The highest BCUT2D eigenvalue weighted by Gasteiger charge is 2.30. The number of ether oxygens (including phenoxy) is 1. The molecule has 0 aliphatic heterocycles. The lowest BCUT2D eigenvalue weighted by Gasteiger charge is -2.24. The van der Waals surface area contributed by atoms with Gasteiger partial charge >= 0.3 is 12.1 Å². The number of primary amides is 2. The van der Waals surface area contributed by atoms with Gasteiger partial charge in [0.15, 0.2) is 6.10 Å². The highest BCUT2D eigenvalue weighted by atomic mass is 16.6. The standard InChI is InChI=1S/C19H30N6O5/c1-11(2)15(30-19(22)29)17(27)25-14(7-4-8-23-18(21)28)16(26)24-13-6-3-5-12(9-13)10-20/h3,5-6,9,11,14-15H,4,7-8,10,20H2,1-2H3,(H2,22,29)(H,24,26)(H,25,27)(H3,21,23,28)/t14-,15-/m0/s1. The van der Waals surface area contributed by atoms with Gasteiger partial charge in [0.1, 0.15) is 6.04 Å². The molecule has 11 heteroatoms. The molecule has 0 saturated carbocycles. The SMILES string of the molecule is CC(C)[C@H](OC(N)=O)C(=O)N[C@@H](CCCNC(N)=O)C(=O)Nc1cccc(CN)c1. The Kier molecular flexibility index (Phi) is 10.1. The van der Waals surface area contributed by atoms with Crippen LogP contribution in [0.15, 0.2) is 24.3 Å². The highest BCUT2D eigenvalue weighted by Crippen LogP contribution is 2.13. The van der Waals surface area contributed by atoms with Crippen molar-refractivity contribution in [1.29, 1.82) is 0 Å². The number of anilines is 1. The first kappa shape index (κ1) is 24.7. The summed E-state index contributed by atoms with van der Waals surface area (Å²) in [6.07, 6.45) is -1.67. The zero-order chi connectivity index (χ0) is 22.7. The van der Waals surface area contributed by atoms with Crippen molar-refractivity contribution in [1.82, 2.24) is 10.6 Å². The second-order valence-corrected chi connectivity index (χ2v) is 6.99. The van der Waals surface area contributed by atoms with Crippen molar-refractivity contribution in [2.24, 2.45) is 23.1 Å². The summed E-state index contributed by atoms with van der Waals surface area (Å²) in [5.74, 6) is -1.49. The van der Waals surface area contributed by atoms with Crippen LogP contribution in [0.2, 0.25) is 0 Å². The van der Waals surface area contributed by atoms with Gasteiger partial charge in [-0.15, -0.1) is 0 Å². The maximum Gasteiger partial charge on any atom is 0.405 e. The zero-order valence-corrected chi connectivity index (χ0v) is 17.1. The molecule has 5 amide bonds. The summed E-state index contributed by atoms with van der Waals surface area (Å²) in [5, 5.41) is 7.73. The average molecular weight is 422 g/mol. The summed E-state index contributed by atoms with van der Waals surface area (Å²) in [5.41, 5.74) is 17.0. The van der Waals surface area contributed by atoms with Crippen molar-refractivity contribution < 1.29 is 23.9 Å². The Morgan fingerprint density at radius 1 is 1.10 bits per heavy atom. The first-order chi connectivity index (χ1) is 14.1.